The number of ether oxygens (including phenoxy) is 3. The summed E-state index contributed by atoms with van der Waals surface area (Å²) < 4.78 is 16.9. The van der Waals surface area contributed by atoms with Crippen LogP contribution in [0, 0.1) is 20.8 Å². The number of fused-ring (bicyclic) bond motifs is 8. The van der Waals surface area contributed by atoms with Crippen LogP contribution in [-0.2, 0) is 30.2 Å². The summed E-state index contributed by atoms with van der Waals surface area (Å²) in [5, 5.41) is 0. The number of H-pyrrole nitrogens is 2. The highest BCUT2D eigenvalue weighted by Crippen LogP contribution is 2.42. The van der Waals surface area contributed by atoms with Crippen molar-refractivity contribution in [3.05, 3.63) is 75.4 Å². The van der Waals surface area contributed by atoms with E-state index in [-0.39, 0.29) is 42.1 Å². The van der Waals surface area contributed by atoms with Crippen LogP contribution in [0.25, 0.3) is 39.8 Å². The van der Waals surface area contributed by atoms with Gasteiger partial charge in [0.15, 0.2) is 0 Å². The number of esters is 2. The molecule has 0 aromatic carbocycles. The van der Waals surface area contributed by atoms with E-state index in [1.54, 1.807) is 11.8 Å². The zero-order valence-corrected chi connectivity index (χ0v) is 35.9. The summed E-state index contributed by atoms with van der Waals surface area (Å²) in [7, 11) is 0. The Morgan fingerprint density at radius 2 is 1.68 bits per heavy atom. The van der Waals surface area contributed by atoms with Gasteiger partial charge in [0, 0.05) is 77.5 Å². The summed E-state index contributed by atoms with van der Waals surface area (Å²) in [6.07, 6.45) is 9.01. The zero-order valence-electron chi connectivity index (χ0n) is 34.3. The highest BCUT2D eigenvalue weighted by atomic mass is 32.2. The fourth-order valence-corrected chi connectivity index (χ4v) is 10.5. The van der Waals surface area contributed by atoms with Crippen LogP contribution in [0.4, 0.5) is 0 Å². The molecule has 0 saturated carbocycles. The van der Waals surface area contributed by atoms with E-state index in [0.29, 0.717) is 18.8 Å². The molecule has 0 amide bonds. The number of nitrogens with zero attached hydrogens (tertiary/aromatic N) is 2. The summed E-state index contributed by atoms with van der Waals surface area (Å²) >= 11 is 3.75. The van der Waals surface area contributed by atoms with Gasteiger partial charge in [0.05, 0.1) is 17.5 Å². The summed E-state index contributed by atoms with van der Waals surface area (Å²) in [5.41, 5.74) is 15.7. The highest BCUT2D eigenvalue weighted by molar-refractivity contribution is 8.00. The first kappa shape index (κ1) is 41.8. The molecular weight excluding hydrogens is 741 g/mol. The van der Waals surface area contributed by atoms with Crippen molar-refractivity contribution in [3.8, 4) is 0 Å². The van der Waals surface area contributed by atoms with E-state index in [1.807, 2.05) is 17.8 Å². The minimum absolute atomic E-state index is 0.0916. The summed E-state index contributed by atoms with van der Waals surface area (Å²) in [5.74, 6) is 3.02. The number of nitrogens with one attached hydrogen (secondary N) is 2. The van der Waals surface area contributed by atoms with Gasteiger partial charge in [0.25, 0.3) is 0 Å². The highest BCUT2D eigenvalue weighted by Gasteiger charge is 2.33. The topological polar surface area (TPSA) is 119 Å². The molecule has 0 radical (unpaired) electrons. The molecule has 0 unspecified atom stereocenters. The maximum atomic E-state index is 11.6. The lowest BCUT2D eigenvalue weighted by Gasteiger charge is -2.34. The van der Waals surface area contributed by atoms with Crippen LogP contribution in [0.3, 0.4) is 0 Å². The predicted molar refractivity (Wildman–Crippen MR) is 233 cm³/mol. The molecule has 300 valence electrons. The first-order chi connectivity index (χ1) is 26.9. The van der Waals surface area contributed by atoms with Gasteiger partial charge in [-0.25, -0.2) is 4.98 Å². The fourth-order valence-electron chi connectivity index (χ4n) is 8.25. The van der Waals surface area contributed by atoms with Crippen molar-refractivity contribution >= 4 is 75.3 Å². The number of allylic oxidation sites excluding steroid dienone is 1. The van der Waals surface area contributed by atoms with E-state index in [2.05, 4.69) is 82.4 Å². The Hall–Kier alpha value is -3.80. The molecule has 0 aliphatic carbocycles. The van der Waals surface area contributed by atoms with Crippen molar-refractivity contribution in [1.82, 2.24) is 19.9 Å². The Balaban J connectivity index is 1.16. The third-order valence-electron chi connectivity index (χ3n) is 11.3. The molecule has 56 heavy (non-hydrogen) atoms. The average molecular weight is 799 g/mol. The zero-order chi connectivity index (χ0) is 40.1. The van der Waals surface area contributed by atoms with Crippen molar-refractivity contribution in [3.63, 3.8) is 0 Å². The number of carbonyl (C=O) groups is 2. The average Bonchev–Trinajstić information content (AvgIpc) is 3.85. The fraction of sp³-hybridized carbons (Fsp3) is 0.511. The van der Waals surface area contributed by atoms with Gasteiger partial charge in [-0.2, -0.15) is 11.8 Å². The normalized spacial score (nSPS) is 20.8. The Kier molecular flexibility index (Phi) is 13.9. The van der Waals surface area contributed by atoms with Crippen LogP contribution < -0.4 is 0 Å². The molecule has 2 N–H and O–H groups in total. The monoisotopic (exact) mass is 798 g/mol. The first-order valence-corrected chi connectivity index (χ1v) is 22.3. The van der Waals surface area contributed by atoms with Crippen molar-refractivity contribution in [2.75, 3.05) is 23.9 Å². The van der Waals surface area contributed by atoms with Crippen molar-refractivity contribution < 1.29 is 23.8 Å². The quantitative estimate of drug-likeness (QED) is 0.121. The smallest absolute Gasteiger partial charge is 0.302 e. The number of aryl methyl sites for hydroxylation is 3. The van der Waals surface area contributed by atoms with E-state index < -0.39 is 0 Å². The van der Waals surface area contributed by atoms with E-state index in [9.17, 15) is 9.59 Å². The second-order valence-corrected chi connectivity index (χ2v) is 17.9. The molecule has 0 spiro atoms. The van der Waals surface area contributed by atoms with Crippen molar-refractivity contribution in [2.45, 2.75) is 123 Å². The predicted octanol–water partition coefficient (Wildman–Crippen LogP) is 10.5. The molecule has 3 aliphatic heterocycles. The number of aromatic nitrogens is 4. The molecule has 1 saturated heterocycles. The molecule has 8 bridgehead atoms. The van der Waals surface area contributed by atoms with Gasteiger partial charge in [0.2, 0.25) is 0 Å². The molecule has 3 aliphatic rings. The summed E-state index contributed by atoms with van der Waals surface area (Å²) in [6, 6.07) is 6.69. The van der Waals surface area contributed by atoms with Gasteiger partial charge in [-0.15, -0.1) is 11.8 Å². The van der Waals surface area contributed by atoms with Crippen molar-refractivity contribution in [2.24, 2.45) is 0 Å². The van der Waals surface area contributed by atoms with Crippen molar-refractivity contribution in [1.29, 1.82) is 0 Å². The van der Waals surface area contributed by atoms with E-state index in [4.69, 9.17) is 24.2 Å². The Labute approximate surface area is 340 Å². The summed E-state index contributed by atoms with van der Waals surface area (Å²) in [4.78, 5) is 41.0. The van der Waals surface area contributed by atoms with Crippen LogP contribution in [0.5, 0.6) is 0 Å². The molecular formula is C45H58N4O5S2. The molecule has 3 aromatic rings. The lowest BCUT2D eigenvalue weighted by atomic mass is 9.86. The molecule has 6 rings (SSSR count). The minimum atomic E-state index is -0.337. The molecule has 11 heteroatoms. The van der Waals surface area contributed by atoms with Crippen LogP contribution in [0.2, 0.25) is 0 Å². The van der Waals surface area contributed by atoms with Crippen LogP contribution in [-0.4, -0.2) is 73.4 Å². The molecule has 6 heterocycles. The maximum absolute atomic E-state index is 11.6. The van der Waals surface area contributed by atoms with Gasteiger partial charge in [-0.1, -0.05) is 26.5 Å². The number of rotatable bonds is 14. The second kappa shape index (κ2) is 18.6. The minimum Gasteiger partial charge on any atom is -0.463 e. The summed E-state index contributed by atoms with van der Waals surface area (Å²) in [6.45, 7) is 20.4. The van der Waals surface area contributed by atoms with Crippen LogP contribution in [0.15, 0.2) is 24.8 Å². The largest absolute Gasteiger partial charge is 0.463 e. The number of thioether (sulfide) groups is 2. The lowest BCUT2D eigenvalue weighted by molar-refractivity contribution is -0.162. The van der Waals surface area contributed by atoms with Gasteiger partial charge >= 0.3 is 11.9 Å². The number of aromatic amines is 2. The standard InChI is InChI=1S/C45H58N4O5S2/c1-10-34-27(5)40-23-43-35(11-2)26(4)39(47-43)22-41-28(6)36(45(49-41)29(7)38-18-25(3)37(46-38)21-42(34)48-40)14-12-15-55-16-13-17-56-44-20-32(53-31(9)51)19-33(54-44)24-52-30(8)50/h11,18,21-23,28,32-33,36,44,47-48H,2,10,12-17,19-20,24H2,1,3-9H3/t28-,32-,33-,36-,44-/m0/s1. The molecule has 9 nitrogen and oxygen atoms in total. The third kappa shape index (κ3) is 9.65. The number of hydrogen-bond donors (Lipinski definition) is 2. The van der Waals surface area contributed by atoms with E-state index in [1.165, 1.54) is 30.5 Å². The van der Waals surface area contributed by atoms with Gasteiger partial charge in [-0.05, 0) is 123 Å². The Morgan fingerprint density at radius 3 is 2.41 bits per heavy atom. The van der Waals surface area contributed by atoms with Crippen LogP contribution in [0.1, 0.15) is 129 Å². The van der Waals surface area contributed by atoms with Gasteiger partial charge in [-0.3, -0.25) is 14.6 Å². The lowest BCUT2D eigenvalue weighted by Crippen LogP contribution is -2.39. The second-order valence-electron chi connectivity index (χ2n) is 15.4. The Bertz CT molecular complexity index is 2150. The number of hydrogen-bond acceptors (Lipinski definition) is 9. The van der Waals surface area contributed by atoms with Crippen LogP contribution >= 0.6 is 23.5 Å². The van der Waals surface area contributed by atoms with Gasteiger partial charge in [0.1, 0.15) is 18.1 Å². The molecule has 5 atom stereocenters. The SMILES string of the molecule is C=Cc1c(C)c2cc3nc(c(C)c4nc(cc5[nH]c(cc1[nH]2)c(C)c5CC)C(C)=C4)[C@@H](CCCSCCCS[C@H]1C[C@@H](OC(C)=O)C[C@@H](COC(C)=O)O1)[C@@H]3C. The Morgan fingerprint density at radius 1 is 0.929 bits per heavy atom. The van der Waals surface area contributed by atoms with E-state index >= 15 is 0 Å². The maximum Gasteiger partial charge on any atom is 0.302 e. The number of carbonyl (C=O) groups excluding carboxylic acids is 2. The molecule has 1 fully saturated rings. The van der Waals surface area contributed by atoms with E-state index in [0.717, 1.165) is 104 Å². The first-order valence-electron chi connectivity index (χ1n) is 20.1. The third-order valence-corrected chi connectivity index (χ3v) is 13.7. The molecule has 3 aromatic heterocycles. The van der Waals surface area contributed by atoms with Gasteiger partial charge < -0.3 is 24.2 Å².